The summed E-state index contributed by atoms with van der Waals surface area (Å²) >= 11 is 2.05. The predicted molar refractivity (Wildman–Crippen MR) is 113 cm³/mol. The molecule has 136 valence electrons. The van der Waals surface area contributed by atoms with Crippen molar-refractivity contribution in [2.24, 2.45) is 4.99 Å². The minimum Gasteiger partial charge on any atom is -0.508 e. The third-order valence-corrected chi connectivity index (χ3v) is 5.45. The first kappa shape index (κ1) is 21.2. The van der Waals surface area contributed by atoms with Crippen LogP contribution in [0.25, 0.3) is 0 Å². The molecule has 0 aromatic heterocycles. The average Bonchev–Trinajstić information content (AvgIpc) is 2.59. The van der Waals surface area contributed by atoms with E-state index in [1.54, 1.807) is 13.2 Å². The first-order valence-corrected chi connectivity index (χ1v) is 9.15. The molecule has 2 N–H and O–H groups in total. The Labute approximate surface area is 166 Å². The van der Waals surface area contributed by atoms with Gasteiger partial charge in [0.2, 0.25) is 0 Å². The quantitative estimate of drug-likeness (QED) is 0.398. The van der Waals surface area contributed by atoms with Crippen LogP contribution in [0, 0.1) is 0 Å². The predicted octanol–water partition coefficient (Wildman–Crippen LogP) is 2.96. The smallest absolute Gasteiger partial charge is 0.193 e. The third kappa shape index (κ3) is 5.91. The van der Waals surface area contributed by atoms with Gasteiger partial charge in [-0.3, -0.25) is 4.99 Å². The molecule has 1 saturated heterocycles. The van der Waals surface area contributed by atoms with E-state index in [1.807, 2.05) is 19.2 Å². The van der Waals surface area contributed by atoms with Crippen molar-refractivity contribution in [3.8, 4) is 11.5 Å². The summed E-state index contributed by atoms with van der Waals surface area (Å²) in [5, 5.41) is 14.1. The zero-order valence-electron chi connectivity index (χ0n) is 14.6. The molecule has 1 heterocycles. The van der Waals surface area contributed by atoms with Gasteiger partial charge in [0.25, 0.3) is 0 Å². The van der Waals surface area contributed by atoms with Gasteiger partial charge < -0.3 is 20.1 Å². The topological polar surface area (TPSA) is 57.1 Å². The lowest BCUT2D eigenvalue weighted by atomic mass is 10.1. The Morgan fingerprint density at radius 3 is 2.92 bits per heavy atom. The summed E-state index contributed by atoms with van der Waals surface area (Å²) in [5.74, 6) is 3.06. The van der Waals surface area contributed by atoms with E-state index >= 15 is 0 Å². The number of aliphatic imine (C=N–C) groups is 1. The van der Waals surface area contributed by atoms with E-state index in [4.69, 9.17) is 4.74 Å². The minimum absolute atomic E-state index is 0. The van der Waals surface area contributed by atoms with E-state index in [0.717, 1.165) is 43.3 Å². The van der Waals surface area contributed by atoms with Crippen molar-refractivity contribution in [1.82, 2.24) is 10.2 Å². The Kier molecular flexibility index (Phi) is 9.65. The molecule has 5 nitrogen and oxygen atoms in total. The Hall–Kier alpha value is -0.830. The second kappa shape index (κ2) is 10.9. The summed E-state index contributed by atoms with van der Waals surface area (Å²) in [6.07, 6.45) is 1.94. The molecule has 1 unspecified atom stereocenters. The SMILES string of the molecule is CCC1CN(C(=NC)NCCc2ccc(OC)cc2O)CCS1.I. The normalized spacial score (nSPS) is 18.0. The summed E-state index contributed by atoms with van der Waals surface area (Å²) in [4.78, 5) is 6.73. The van der Waals surface area contributed by atoms with Crippen LogP contribution in [-0.4, -0.2) is 60.8 Å². The summed E-state index contributed by atoms with van der Waals surface area (Å²) < 4.78 is 5.11. The lowest BCUT2D eigenvalue weighted by molar-refractivity contribution is 0.404. The maximum Gasteiger partial charge on any atom is 0.193 e. The number of rotatable bonds is 5. The van der Waals surface area contributed by atoms with Crippen molar-refractivity contribution in [1.29, 1.82) is 0 Å². The molecule has 1 aliphatic heterocycles. The van der Waals surface area contributed by atoms with E-state index < -0.39 is 0 Å². The Morgan fingerprint density at radius 1 is 1.50 bits per heavy atom. The van der Waals surface area contributed by atoms with Crippen LogP contribution < -0.4 is 10.1 Å². The van der Waals surface area contributed by atoms with Gasteiger partial charge in [-0.1, -0.05) is 13.0 Å². The number of guanidine groups is 1. The van der Waals surface area contributed by atoms with E-state index in [1.165, 1.54) is 6.42 Å². The molecule has 0 aliphatic carbocycles. The molecule has 1 atom stereocenters. The summed E-state index contributed by atoms with van der Waals surface area (Å²) in [6.45, 7) is 5.07. The highest BCUT2D eigenvalue weighted by Gasteiger charge is 2.21. The molecule has 7 heteroatoms. The van der Waals surface area contributed by atoms with Gasteiger partial charge in [0, 0.05) is 43.8 Å². The van der Waals surface area contributed by atoms with Crippen LogP contribution in [-0.2, 0) is 6.42 Å². The average molecular weight is 465 g/mol. The molecule has 1 aromatic rings. The van der Waals surface area contributed by atoms with Crippen LogP contribution in [0.5, 0.6) is 11.5 Å². The summed E-state index contributed by atoms with van der Waals surface area (Å²) in [7, 11) is 3.43. The fraction of sp³-hybridized carbons (Fsp3) is 0.588. The number of methoxy groups -OCH3 is 1. The maximum absolute atomic E-state index is 10.0. The highest BCUT2D eigenvalue weighted by Crippen LogP contribution is 2.24. The molecular formula is C17H28IN3O2S. The maximum atomic E-state index is 10.0. The molecule has 0 bridgehead atoms. The van der Waals surface area contributed by atoms with Gasteiger partial charge in [0.15, 0.2) is 5.96 Å². The Morgan fingerprint density at radius 2 is 2.29 bits per heavy atom. The molecule has 24 heavy (non-hydrogen) atoms. The van der Waals surface area contributed by atoms with Crippen LogP contribution in [0.2, 0.25) is 0 Å². The van der Waals surface area contributed by atoms with Crippen LogP contribution >= 0.6 is 35.7 Å². The molecule has 1 fully saturated rings. The molecule has 0 saturated carbocycles. The molecule has 1 aromatic carbocycles. The van der Waals surface area contributed by atoms with Crippen LogP contribution in [0.3, 0.4) is 0 Å². The highest BCUT2D eigenvalue weighted by atomic mass is 127. The Balaban J connectivity index is 0.00000288. The molecule has 0 spiro atoms. The lowest BCUT2D eigenvalue weighted by Gasteiger charge is -2.34. The van der Waals surface area contributed by atoms with E-state index in [0.29, 0.717) is 11.0 Å². The summed E-state index contributed by atoms with van der Waals surface area (Å²) in [5.41, 5.74) is 0.911. The first-order valence-electron chi connectivity index (χ1n) is 8.11. The standard InChI is InChI=1S/C17H27N3O2S.HI/c1-4-15-12-20(9-10-23-15)17(18-2)19-8-7-13-5-6-14(22-3)11-16(13)21;/h5-6,11,15,21H,4,7-10,12H2,1-3H3,(H,18,19);1H. The Bertz CT molecular complexity index is 543. The molecular weight excluding hydrogens is 437 g/mol. The van der Waals surface area contributed by atoms with Crippen molar-refractivity contribution in [3.05, 3.63) is 23.8 Å². The number of nitrogens with one attached hydrogen (secondary N) is 1. The molecule has 2 rings (SSSR count). The van der Waals surface area contributed by atoms with Crippen molar-refractivity contribution in [2.75, 3.05) is 39.5 Å². The number of phenols is 1. The highest BCUT2D eigenvalue weighted by molar-refractivity contribution is 14.0. The minimum atomic E-state index is 0. The van der Waals surface area contributed by atoms with Crippen molar-refractivity contribution >= 4 is 41.7 Å². The van der Waals surface area contributed by atoms with E-state index in [9.17, 15) is 5.11 Å². The summed E-state index contributed by atoms with van der Waals surface area (Å²) in [6, 6.07) is 5.43. The number of benzene rings is 1. The van der Waals surface area contributed by atoms with Gasteiger partial charge in [-0.05, 0) is 24.5 Å². The lowest BCUT2D eigenvalue weighted by Crippen LogP contribution is -2.48. The second-order valence-corrected chi connectivity index (χ2v) is 6.97. The largest absolute Gasteiger partial charge is 0.508 e. The van der Waals surface area contributed by atoms with E-state index in [2.05, 4.69) is 33.9 Å². The molecule has 0 amide bonds. The number of hydrogen-bond donors (Lipinski definition) is 2. The third-order valence-electron chi connectivity index (χ3n) is 4.08. The zero-order chi connectivity index (χ0) is 16.7. The molecule has 1 aliphatic rings. The van der Waals surface area contributed by atoms with Gasteiger partial charge >= 0.3 is 0 Å². The van der Waals surface area contributed by atoms with Gasteiger partial charge in [0.1, 0.15) is 11.5 Å². The second-order valence-electron chi connectivity index (χ2n) is 5.57. The molecule has 0 radical (unpaired) electrons. The van der Waals surface area contributed by atoms with Crippen LogP contribution in [0.15, 0.2) is 23.2 Å². The van der Waals surface area contributed by atoms with E-state index in [-0.39, 0.29) is 29.7 Å². The van der Waals surface area contributed by atoms with Crippen molar-refractivity contribution in [3.63, 3.8) is 0 Å². The van der Waals surface area contributed by atoms with Gasteiger partial charge in [-0.25, -0.2) is 0 Å². The number of ether oxygens (including phenoxy) is 1. The van der Waals surface area contributed by atoms with Crippen LogP contribution in [0.4, 0.5) is 0 Å². The number of nitrogens with zero attached hydrogens (tertiary/aromatic N) is 2. The van der Waals surface area contributed by atoms with Gasteiger partial charge in [-0.15, -0.1) is 24.0 Å². The van der Waals surface area contributed by atoms with Crippen molar-refractivity contribution < 1.29 is 9.84 Å². The number of phenolic OH excluding ortho intramolecular Hbond substituents is 1. The van der Waals surface area contributed by atoms with Gasteiger partial charge in [-0.2, -0.15) is 11.8 Å². The zero-order valence-corrected chi connectivity index (χ0v) is 17.8. The number of thioether (sulfide) groups is 1. The van der Waals surface area contributed by atoms with Crippen molar-refractivity contribution in [2.45, 2.75) is 25.0 Å². The monoisotopic (exact) mass is 465 g/mol. The fourth-order valence-corrected chi connectivity index (χ4v) is 3.86. The van der Waals surface area contributed by atoms with Gasteiger partial charge in [0.05, 0.1) is 7.11 Å². The number of hydrogen-bond acceptors (Lipinski definition) is 4. The first-order chi connectivity index (χ1) is 11.2. The van der Waals surface area contributed by atoms with Crippen LogP contribution in [0.1, 0.15) is 18.9 Å². The number of halogens is 1. The fourth-order valence-electron chi connectivity index (χ4n) is 2.68. The number of aromatic hydroxyl groups is 1.